The number of hydrogen-bond donors (Lipinski definition) is 2. The monoisotopic (exact) mass is 430 g/mol. The van der Waals surface area contributed by atoms with Crippen LogP contribution in [0.2, 0.25) is 0 Å². The van der Waals surface area contributed by atoms with Crippen molar-refractivity contribution < 1.29 is 0 Å². The van der Waals surface area contributed by atoms with E-state index in [0.717, 1.165) is 32.1 Å². The average molecular weight is 431 g/mol. The van der Waals surface area contributed by atoms with Crippen LogP contribution >= 0.6 is 0 Å². The Morgan fingerprint density at radius 2 is 1.38 bits per heavy atom. The van der Waals surface area contributed by atoms with Crippen LogP contribution in [0.1, 0.15) is 41.5 Å². The van der Waals surface area contributed by atoms with Gasteiger partial charge in [-0.05, 0) is 48.2 Å². The van der Waals surface area contributed by atoms with Gasteiger partial charge in [-0.25, -0.2) is 4.98 Å². The van der Waals surface area contributed by atoms with Crippen molar-refractivity contribution in [2.24, 2.45) is 4.99 Å². The molecule has 1 fully saturated rings. The number of nitrogens with one attached hydrogen (secondary N) is 2. The first kappa shape index (κ1) is 22.1. The zero-order chi connectivity index (χ0) is 22.0. The van der Waals surface area contributed by atoms with Gasteiger partial charge in [0.25, 0.3) is 0 Å². The van der Waals surface area contributed by atoms with Crippen molar-refractivity contribution >= 4 is 5.96 Å². The molecule has 1 aromatic heterocycles. The van der Waals surface area contributed by atoms with Crippen molar-refractivity contribution in [2.75, 3.05) is 20.1 Å². The van der Waals surface area contributed by atoms with Crippen LogP contribution in [-0.4, -0.2) is 40.5 Å². The fourth-order valence-electron chi connectivity index (χ4n) is 4.08. The molecule has 0 amide bonds. The van der Waals surface area contributed by atoms with Crippen molar-refractivity contribution in [1.29, 1.82) is 0 Å². The zero-order valence-corrected chi connectivity index (χ0v) is 19.0. The lowest BCUT2D eigenvalue weighted by atomic mass is 10.1. The van der Waals surface area contributed by atoms with Gasteiger partial charge >= 0.3 is 0 Å². The summed E-state index contributed by atoms with van der Waals surface area (Å²) in [6.45, 7) is 5.87. The Labute approximate surface area is 191 Å². The number of guanidine groups is 1. The molecule has 2 heterocycles. The summed E-state index contributed by atoms with van der Waals surface area (Å²) in [5.41, 5.74) is 5.15. The molecule has 0 spiro atoms. The van der Waals surface area contributed by atoms with Gasteiger partial charge in [0.15, 0.2) is 5.96 Å². The van der Waals surface area contributed by atoms with E-state index in [1.807, 2.05) is 19.6 Å². The minimum Gasteiger partial charge on any atom is -0.352 e. The summed E-state index contributed by atoms with van der Waals surface area (Å²) < 4.78 is 2.07. The summed E-state index contributed by atoms with van der Waals surface area (Å²) in [6.07, 6.45) is 9.68. The third kappa shape index (κ3) is 6.69. The first-order valence-electron chi connectivity index (χ1n) is 11.6. The molecule has 2 N–H and O–H groups in total. The highest BCUT2D eigenvalue weighted by Gasteiger charge is 2.10. The predicted molar refractivity (Wildman–Crippen MR) is 130 cm³/mol. The molecule has 4 rings (SSSR count). The first-order chi connectivity index (χ1) is 15.8. The lowest BCUT2D eigenvalue weighted by Crippen LogP contribution is -2.36. The molecule has 0 atom stereocenters. The third-order valence-corrected chi connectivity index (χ3v) is 5.97. The van der Waals surface area contributed by atoms with E-state index in [0.29, 0.717) is 0 Å². The Hall–Kier alpha value is -3.12. The third-order valence-electron chi connectivity index (χ3n) is 5.97. The molecule has 32 heavy (non-hydrogen) atoms. The van der Waals surface area contributed by atoms with Crippen LogP contribution in [0.15, 0.2) is 72.2 Å². The van der Waals surface area contributed by atoms with Crippen molar-refractivity contribution in [1.82, 2.24) is 25.1 Å². The van der Waals surface area contributed by atoms with Crippen molar-refractivity contribution in [3.63, 3.8) is 0 Å². The Morgan fingerprint density at radius 1 is 0.812 bits per heavy atom. The second-order valence-corrected chi connectivity index (χ2v) is 8.48. The number of rotatable bonds is 8. The molecule has 1 aliphatic heterocycles. The Balaban J connectivity index is 1.20. The summed E-state index contributed by atoms with van der Waals surface area (Å²) in [5.74, 6) is 0.810. The number of benzene rings is 2. The highest BCUT2D eigenvalue weighted by molar-refractivity contribution is 5.79. The number of aliphatic imine (C=N–C) groups is 1. The average Bonchev–Trinajstić information content (AvgIpc) is 3.35. The van der Waals surface area contributed by atoms with Gasteiger partial charge in [-0.2, -0.15) is 0 Å². The largest absolute Gasteiger partial charge is 0.352 e. The number of likely N-dealkylation sites (tertiary alicyclic amines) is 1. The standard InChI is InChI=1S/C26H34N6/c1-27-26(30-18-23-7-11-25(12-8-23)20-32-16-13-28-21-32)29-17-22-5-9-24(10-6-22)19-31-14-3-2-4-15-31/h5-13,16,21H,2-4,14-15,17-20H2,1H3,(H2,27,29,30). The topological polar surface area (TPSA) is 57.5 Å². The fourth-order valence-corrected chi connectivity index (χ4v) is 4.08. The van der Waals surface area contributed by atoms with Crippen LogP contribution in [-0.2, 0) is 26.2 Å². The number of nitrogens with zero attached hydrogens (tertiary/aromatic N) is 4. The van der Waals surface area contributed by atoms with Gasteiger partial charge in [0.05, 0.1) is 6.33 Å². The van der Waals surface area contributed by atoms with E-state index in [1.165, 1.54) is 54.6 Å². The molecule has 6 nitrogen and oxygen atoms in total. The van der Waals surface area contributed by atoms with E-state index in [9.17, 15) is 0 Å². The van der Waals surface area contributed by atoms with Crippen molar-refractivity contribution in [2.45, 2.75) is 45.4 Å². The second-order valence-electron chi connectivity index (χ2n) is 8.48. The van der Waals surface area contributed by atoms with Gasteiger partial charge in [0.2, 0.25) is 0 Å². The summed E-state index contributed by atoms with van der Waals surface area (Å²) in [4.78, 5) is 11.0. The highest BCUT2D eigenvalue weighted by atomic mass is 15.2. The van der Waals surface area contributed by atoms with E-state index in [4.69, 9.17) is 0 Å². The van der Waals surface area contributed by atoms with Gasteiger partial charge < -0.3 is 15.2 Å². The molecule has 3 aromatic rings. The van der Waals surface area contributed by atoms with Gasteiger partial charge in [-0.1, -0.05) is 55.0 Å². The fraction of sp³-hybridized carbons (Fsp3) is 0.385. The van der Waals surface area contributed by atoms with Gasteiger partial charge in [0, 0.05) is 45.6 Å². The number of piperidine rings is 1. The van der Waals surface area contributed by atoms with Crippen LogP contribution in [0.3, 0.4) is 0 Å². The smallest absolute Gasteiger partial charge is 0.191 e. The molecule has 1 aliphatic rings. The number of hydrogen-bond acceptors (Lipinski definition) is 3. The first-order valence-corrected chi connectivity index (χ1v) is 11.6. The van der Waals surface area contributed by atoms with Gasteiger partial charge in [-0.3, -0.25) is 9.89 Å². The van der Waals surface area contributed by atoms with Gasteiger partial charge in [-0.15, -0.1) is 0 Å². The lowest BCUT2D eigenvalue weighted by molar-refractivity contribution is 0.221. The van der Waals surface area contributed by atoms with E-state index in [1.54, 1.807) is 6.20 Å². The molecule has 0 bridgehead atoms. The molecule has 0 saturated carbocycles. The quantitative estimate of drug-likeness (QED) is 0.422. The number of aromatic nitrogens is 2. The van der Waals surface area contributed by atoms with Crippen molar-refractivity contribution in [3.05, 3.63) is 89.5 Å². The van der Waals surface area contributed by atoms with Crippen molar-refractivity contribution in [3.8, 4) is 0 Å². The van der Waals surface area contributed by atoms with E-state index >= 15 is 0 Å². The van der Waals surface area contributed by atoms with Crippen LogP contribution < -0.4 is 10.6 Å². The summed E-state index contributed by atoms with van der Waals surface area (Å²) in [5, 5.41) is 6.82. The minimum atomic E-state index is 0.736. The molecular formula is C26H34N6. The molecule has 168 valence electrons. The highest BCUT2D eigenvalue weighted by Crippen LogP contribution is 2.13. The lowest BCUT2D eigenvalue weighted by Gasteiger charge is -2.26. The predicted octanol–water partition coefficient (Wildman–Crippen LogP) is 3.78. The molecule has 1 saturated heterocycles. The molecular weight excluding hydrogens is 396 g/mol. The van der Waals surface area contributed by atoms with Crippen LogP contribution in [0.25, 0.3) is 0 Å². The molecule has 6 heteroatoms. The normalized spacial score (nSPS) is 15.0. The molecule has 0 radical (unpaired) electrons. The summed E-state index contributed by atoms with van der Waals surface area (Å²) in [6, 6.07) is 17.6. The zero-order valence-electron chi connectivity index (χ0n) is 19.0. The Morgan fingerprint density at radius 3 is 1.91 bits per heavy atom. The Bertz CT molecular complexity index is 955. The van der Waals surface area contributed by atoms with E-state index in [-0.39, 0.29) is 0 Å². The van der Waals surface area contributed by atoms with Gasteiger partial charge in [0.1, 0.15) is 0 Å². The maximum Gasteiger partial charge on any atom is 0.191 e. The molecule has 0 aliphatic carbocycles. The number of imidazole rings is 1. The minimum absolute atomic E-state index is 0.736. The maximum atomic E-state index is 4.36. The van der Waals surface area contributed by atoms with Crippen LogP contribution in [0.4, 0.5) is 0 Å². The maximum absolute atomic E-state index is 4.36. The van der Waals surface area contributed by atoms with E-state index < -0.39 is 0 Å². The SMILES string of the molecule is CN=C(NCc1ccc(CN2CCCCC2)cc1)NCc1ccc(Cn2ccnc2)cc1. The molecule has 2 aromatic carbocycles. The van der Waals surface area contributed by atoms with E-state index in [2.05, 4.69) is 78.6 Å². The van der Waals surface area contributed by atoms with Crippen LogP contribution in [0.5, 0.6) is 0 Å². The summed E-state index contributed by atoms with van der Waals surface area (Å²) >= 11 is 0. The second kappa shape index (κ2) is 11.5. The molecule has 0 unspecified atom stereocenters. The summed E-state index contributed by atoms with van der Waals surface area (Å²) in [7, 11) is 1.81. The Kier molecular flexibility index (Phi) is 7.93. The van der Waals surface area contributed by atoms with Crippen LogP contribution in [0, 0.1) is 0 Å².